The second-order valence-corrected chi connectivity index (χ2v) is 7.81. The van der Waals surface area contributed by atoms with Crippen molar-refractivity contribution in [2.75, 3.05) is 32.8 Å². The quantitative estimate of drug-likeness (QED) is 0.776. The number of benzene rings is 1. The van der Waals surface area contributed by atoms with Gasteiger partial charge in [-0.3, -0.25) is 9.48 Å². The zero-order valence-corrected chi connectivity index (χ0v) is 17.2. The van der Waals surface area contributed by atoms with Crippen LogP contribution in [0.25, 0.3) is 0 Å². The van der Waals surface area contributed by atoms with Crippen molar-refractivity contribution in [2.45, 2.75) is 36.6 Å². The van der Waals surface area contributed by atoms with Crippen LogP contribution >= 0.6 is 12.4 Å². The summed E-state index contributed by atoms with van der Waals surface area (Å²) in [6.45, 7) is 3.36. The highest BCUT2D eigenvalue weighted by atomic mass is 35.5. The minimum atomic E-state index is -0.663. The molecule has 1 aromatic carbocycles. The molecule has 2 aliphatic rings. The van der Waals surface area contributed by atoms with Crippen molar-refractivity contribution in [3.63, 3.8) is 0 Å². The Morgan fingerprint density at radius 3 is 2.48 bits per heavy atom. The van der Waals surface area contributed by atoms with Gasteiger partial charge in [0.25, 0.3) is 0 Å². The normalized spacial score (nSPS) is 20.4. The van der Waals surface area contributed by atoms with Crippen molar-refractivity contribution < 1.29 is 13.9 Å². The van der Waals surface area contributed by atoms with E-state index in [9.17, 15) is 9.18 Å². The number of hydrogen-bond acceptors (Lipinski definition) is 4. The molecule has 0 aliphatic carbocycles. The molecule has 0 unspecified atom stereocenters. The molecule has 2 N–H and O–H groups in total. The zero-order chi connectivity index (χ0) is 19.5. The molecule has 1 amide bonds. The standard InChI is InChI=1S/C21H27FN4O2.ClH/c22-18-4-2-17(3-5-18)20(8-14-28-15-9-20)16-24-19(27)21(6-11-23-12-7-21)26-13-1-10-25-26;/h1-5,10,13,23H,6-9,11-12,14-16H2,(H,24,27);1H. The Morgan fingerprint density at radius 1 is 1.17 bits per heavy atom. The second-order valence-electron chi connectivity index (χ2n) is 7.81. The van der Waals surface area contributed by atoms with Gasteiger partial charge in [-0.15, -0.1) is 12.4 Å². The summed E-state index contributed by atoms with van der Waals surface area (Å²) in [7, 11) is 0. The van der Waals surface area contributed by atoms with E-state index in [1.807, 2.05) is 24.4 Å². The van der Waals surface area contributed by atoms with Gasteiger partial charge in [-0.05, 0) is 62.5 Å². The number of carbonyl (C=O) groups is 1. The van der Waals surface area contributed by atoms with Gasteiger partial charge in [-0.2, -0.15) is 5.10 Å². The monoisotopic (exact) mass is 422 g/mol. The van der Waals surface area contributed by atoms with Crippen LogP contribution in [-0.2, 0) is 20.5 Å². The summed E-state index contributed by atoms with van der Waals surface area (Å²) in [5.74, 6) is -0.243. The average Bonchev–Trinajstić information content (AvgIpc) is 3.29. The Hall–Kier alpha value is -1.96. The Kier molecular flexibility index (Phi) is 6.93. The molecule has 2 fully saturated rings. The van der Waals surface area contributed by atoms with Gasteiger partial charge in [-0.1, -0.05) is 12.1 Å². The van der Waals surface area contributed by atoms with Gasteiger partial charge in [0.2, 0.25) is 5.91 Å². The molecule has 158 valence electrons. The Balaban J connectivity index is 0.00000240. The number of amides is 1. The first-order valence-electron chi connectivity index (χ1n) is 9.98. The lowest BCUT2D eigenvalue weighted by atomic mass is 9.74. The topological polar surface area (TPSA) is 68.2 Å². The van der Waals surface area contributed by atoms with Crippen LogP contribution < -0.4 is 10.6 Å². The van der Waals surface area contributed by atoms with Crippen LogP contribution in [0.2, 0.25) is 0 Å². The number of halogens is 2. The third kappa shape index (κ3) is 4.32. The SMILES string of the molecule is Cl.O=C(NCC1(c2ccc(F)cc2)CCOCC1)C1(n2cccn2)CCNCC1. The zero-order valence-electron chi connectivity index (χ0n) is 16.4. The van der Waals surface area contributed by atoms with Crippen LogP contribution in [0.5, 0.6) is 0 Å². The number of nitrogens with zero attached hydrogens (tertiary/aromatic N) is 2. The second kappa shape index (κ2) is 9.24. The average molecular weight is 423 g/mol. The predicted molar refractivity (Wildman–Crippen MR) is 111 cm³/mol. The van der Waals surface area contributed by atoms with Crippen molar-refractivity contribution in [1.82, 2.24) is 20.4 Å². The Bertz CT molecular complexity index is 786. The summed E-state index contributed by atoms with van der Waals surface area (Å²) in [5.41, 5.74) is 0.153. The van der Waals surface area contributed by atoms with Crippen molar-refractivity contribution in [1.29, 1.82) is 0 Å². The Labute approximate surface area is 176 Å². The van der Waals surface area contributed by atoms with E-state index >= 15 is 0 Å². The number of piperidine rings is 1. The maximum atomic E-state index is 13.4. The van der Waals surface area contributed by atoms with Crippen LogP contribution in [0.4, 0.5) is 4.39 Å². The largest absolute Gasteiger partial charge is 0.381 e. The van der Waals surface area contributed by atoms with E-state index in [1.54, 1.807) is 10.9 Å². The molecule has 2 aliphatic heterocycles. The molecule has 2 saturated heterocycles. The maximum Gasteiger partial charge on any atom is 0.248 e. The van der Waals surface area contributed by atoms with Gasteiger partial charge in [0.1, 0.15) is 11.4 Å². The summed E-state index contributed by atoms with van der Waals surface area (Å²) in [4.78, 5) is 13.4. The summed E-state index contributed by atoms with van der Waals surface area (Å²) < 4.78 is 20.8. The van der Waals surface area contributed by atoms with E-state index in [2.05, 4.69) is 15.7 Å². The fourth-order valence-corrected chi connectivity index (χ4v) is 4.47. The lowest BCUT2D eigenvalue weighted by Gasteiger charge is -2.41. The van der Waals surface area contributed by atoms with Crippen LogP contribution in [0, 0.1) is 5.82 Å². The van der Waals surface area contributed by atoms with Crippen LogP contribution in [0.3, 0.4) is 0 Å². The molecule has 0 saturated carbocycles. The van der Waals surface area contributed by atoms with Gasteiger partial charge in [-0.25, -0.2) is 4.39 Å². The van der Waals surface area contributed by atoms with Crippen molar-refractivity contribution >= 4 is 18.3 Å². The van der Waals surface area contributed by atoms with Gasteiger partial charge in [0.15, 0.2) is 0 Å². The highest BCUT2D eigenvalue weighted by Gasteiger charge is 2.43. The number of carbonyl (C=O) groups excluding carboxylic acids is 1. The lowest BCUT2D eigenvalue weighted by Crippen LogP contribution is -2.56. The number of ether oxygens (including phenoxy) is 1. The first-order chi connectivity index (χ1) is 13.6. The third-order valence-electron chi connectivity index (χ3n) is 6.29. The highest BCUT2D eigenvalue weighted by Crippen LogP contribution is 2.35. The molecular weight excluding hydrogens is 395 g/mol. The molecule has 3 heterocycles. The minimum Gasteiger partial charge on any atom is -0.381 e. The van der Waals surface area contributed by atoms with Crippen LogP contribution in [0.1, 0.15) is 31.2 Å². The summed E-state index contributed by atoms with van der Waals surface area (Å²) in [5, 5.41) is 10.9. The lowest BCUT2D eigenvalue weighted by molar-refractivity contribution is -0.132. The number of rotatable bonds is 5. The first kappa shape index (κ1) is 21.7. The summed E-state index contributed by atoms with van der Waals surface area (Å²) in [6, 6.07) is 8.51. The van der Waals surface area contributed by atoms with E-state index in [-0.39, 0.29) is 29.5 Å². The molecule has 4 rings (SSSR count). The van der Waals surface area contributed by atoms with E-state index in [1.165, 1.54) is 12.1 Å². The summed E-state index contributed by atoms with van der Waals surface area (Å²) in [6.07, 6.45) is 6.59. The van der Waals surface area contributed by atoms with Gasteiger partial charge >= 0.3 is 0 Å². The molecule has 0 spiro atoms. The maximum absolute atomic E-state index is 13.4. The van der Waals surface area contributed by atoms with Gasteiger partial charge < -0.3 is 15.4 Å². The fraction of sp³-hybridized carbons (Fsp3) is 0.524. The Morgan fingerprint density at radius 2 is 1.86 bits per heavy atom. The van der Waals surface area contributed by atoms with E-state index < -0.39 is 5.54 Å². The summed E-state index contributed by atoms with van der Waals surface area (Å²) >= 11 is 0. The van der Waals surface area contributed by atoms with E-state index in [0.29, 0.717) is 32.6 Å². The van der Waals surface area contributed by atoms with Gasteiger partial charge in [0.05, 0.1) is 0 Å². The van der Waals surface area contributed by atoms with Gasteiger partial charge in [0, 0.05) is 37.6 Å². The smallest absolute Gasteiger partial charge is 0.248 e. The molecule has 8 heteroatoms. The van der Waals surface area contributed by atoms with Crippen LogP contribution in [-0.4, -0.2) is 48.5 Å². The third-order valence-corrected chi connectivity index (χ3v) is 6.29. The van der Waals surface area contributed by atoms with Crippen molar-refractivity contribution in [3.05, 3.63) is 54.1 Å². The molecule has 0 radical (unpaired) electrons. The molecule has 1 aromatic heterocycles. The minimum absolute atomic E-state index is 0. The molecule has 29 heavy (non-hydrogen) atoms. The number of nitrogens with one attached hydrogen (secondary N) is 2. The number of aromatic nitrogens is 2. The fourth-order valence-electron chi connectivity index (χ4n) is 4.47. The number of hydrogen-bond donors (Lipinski definition) is 2. The van der Waals surface area contributed by atoms with Crippen LogP contribution in [0.15, 0.2) is 42.7 Å². The molecule has 2 aromatic rings. The van der Waals surface area contributed by atoms with Crippen molar-refractivity contribution in [2.24, 2.45) is 0 Å². The van der Waals surface area contributed by atoms with E-state index in [0.717, 1.165) is 31.5 Å². The molecular formula is C21H28ClFN4O2. The van der Waals surface area contributed by atoms with Crippen molar-refractivity contribution in [3.8, 4) is 0 Å². The molecule has 6 nitrogen and oxygen atoms in total. The highest BCUT2D eigenvalue weighted by molar-refractivity contribution is 5.85. The van der Waals surface area contributed by atoms with E-state index in [4.69, 9.17) is 4.74 Å². The predicted octanol–water partition coefficient (Wildman–Crippen LogP) is 2.39. The molecule has 0 atom stereocenters. The molecule has 0 bridgehead atoms. The first-order valence-corrected chi connectivity index (χ1v) is 9.98.